The molecule has 0 heterocycles. The van der Waals surface area contributed by atoms with Crippen molar-refractivity contribution in [2.24, 2.45) is 5.92 Å². The lowest BCUT2D eigenvalue weighted by atomic mass is 9.93. The summed E-state index contributed by atoms with van der Waals surface area (Å²) in [4.78, 5) is 0. The lowest BCUT2D eigenvalue weighted by Gasteiger charge is -2.19. The maximum Gasteiger partial charge on any atom is 0.151 e. The van der Waals surface area contributed by atoms with Crippen LogP contribution in [0.25, 0.3) is 0 Å². The largest absolute Gasteiger partial charge is 0.493 e. The van der Waals surface area contributed by atoms with Gasteiger partial charge in [-0.15, -0.1) is 0 Å². The standard InChI is InChI=1S/C22H30O3S/c1-4-5-14-26(23,24)17-22(19-10-7-6-8-11-19)20-12-9-13-21(15-20)25-16-18(2)3/h6-13,15,18,22H,4-5,14,16-17H2,1-3H3. The molecule has 0 saturated heterocycles. The number of hydrogen-bond donors (Lipinski definition) is 0. The topological polar surface area (TPSA) is 43.4 Å². The van der Waals surface area contributed by atoms with E-state index in [0.29, 0.717) is 18.9 Å². The van der Waals surface area contributed by atoms with Gasteiger partial charge in [0.2, 0.25) is 0 Å². The molecule has 0 aliphatic heterocycles. The molecule has 0 aliphatic carbocycles. The number of hydrogen-bond acceptors (Lipinski definition) is 3. The van der Waals surface area contributed by atoms with Gasteiger partial charge in [0, 0.05) is 5.92 Å². The maximum atomic E-state index is 12.6. The Labute approximate surface area is 158 Å². The first-order valence-corrected chi connectivity index (χ1v) is 11.2. The molecule has 0 amide bonds. The summed E-state index contributed by atoms with van der Waals surface area (Å²) in [5.41, 5.74) is 2.01. The van der Waals surface area contributed by atoms with Crippen molar-refractivity contribution in [3.8, 4) is 5.75 Å². The van der Waals surface area contributed by atoms with E-state index in [2.05, 4.69) is 13.8 Å². The van der Waals surface area contributed by atoms with Crippen LogP contribution in [0.3, 0.4) is 0 Å². The molecular weight excluding hydrogens is 344 g/mol. The van der Waals surface area contributed by atoms with Crippen LogP contribution in [0.2, 0.25) is 0 Å². The van der Waals surface area contributed by atoms with E-state index >= 15 is 0 Å². The molecule has 0 aromatic heterocycles. The summed E-state index contributed by atoms with van der Waals surface area (Å²) in [7, 11) is -3.12. The maximum absolute atomic E-state index is 12.6. The predicted octanol–water partition coefficient (Wildman–Crippen LogP) is 5.07. The first kappa shape index (κ1) is 20.5. The average Bonchev–Trinajstić information content (AvgIpc) is 2.64. The van der Waals surface area contributed by atoms with Crippen molar-refractivity contribution in [3.63, 3.8) is 0 Å². The minimum Gasteiger partial charge on any atom is -0.493 e. The van der Waals surface area contributed by atoms with Crippen molar-refractivity contribution in [3.05, 3.63) is 65.7 Å². The third kappa shape index (κ3) is 6.49. The summed E-state index contributed by atoms with van der Waals surface area (Å²) >= 11 is 0. The third-order valence-corrected chi connectivity index (χ3v) is 6.03. The number of ether oxygens (including phenoxy) is 1. The van der Waals surface area contributed by atoms with Crippen molar-refractivity contribution in [2.75, 3.05) is 18.1 Å². The minimum absolute atomic E-state index is 0.130. The lowest BCUT2D eigenvalue weighted by molar-refractivity contribution is 0.271. The highest BCUT2D eigenvalue weighted by Crippen LogP contribution is 2.29. The Morgan fingerprint density at radius 1 is 0.962 bits per heavy atom. The number of rotatable bonds is 10. The van der Waals surface area contributed by atoms with Gasteiger partial charge >= 0.3 is 0 Å². The van der Waals surface area contributed by atoms with Gasteiger partial charge in [0.1, 0.15) is 5.75 Å². The van der Waals surface area contributed by atoms with E-state index in [9.17, 15) is 8.42 Å². The van der Waals surface area contributed by atoms with Crippen LogP contribution in [0, 0.1) is 5.92 Å². The fourth-order valence-corrected chi connectivity index (χ4v) is 4.64. The molecule has 26 heavy (non-hydrogen) atoms. The summed E-state index contributed by atoms with van der Waals surface area (Å²) in [6.45, 7) is 6.88. The second-order valence-corrected chi connectivity index (χ2v) is 9.44. The van der Waals surface area contributed by atoms with Gasteiger partial charge in [0.05, 0.1) is 18.1 Å². The van der Waals surface area contributed by atoms with E-state index in [-0.39, 0.29) is 17.4 Å². The highest BCUT2D eigenvalue weighted by atomic mass is 32.2. The summed E-state index contributed by atoms with van der Waals surface area (Å²) in [6.07, 6.45) is 1.59. The normalized spacial score (nSPS) is 12.9. The molecule has 0 bridgehead atoms. The Balaban J connectivity index is 2.31. The monoisotopic (exact) mass is 374 g/mol. The zero-order chi connectivity index (χ0) is 19.0. The molecule has 0 saturated carbocycles. The van der Waals surface area contributed by atoms with Gasteiger partial charge < -0.3 is 4.74 Å². The van der Waals surface area contributed by atoms with Crippen molar-refractivity contribution in [2.45, 2.75) is 39.5 Å². The highest BCUT2D eigenvalue weighted by molar-refractivity contribution is 7.91. The zero-order valence-corrected chi connectivity index (χ0v) is 16.8. The van der Waals surface area contributed by atoms with Crippen molar-refractivity contribution in [1.82, 2.24) is 0 Å². The van der Waals surface area contributed by atoms with E-state index in [1.807, 2.05) is 61.5 Å². The quantitative estimate of drug-likeness (QED) is 0.583. The molecule has 0 spiro atoms. The van der Waals surface area contributed by atoms with Gasteiger partial charge in [0.25, 0.3) is 0 Å². The van der Waals surface area contributed by atoms with Crippen LogP contribution in [-0.4, -0.2) is 26.5 Å². The molecule has 0 aliphatic rings. The van der Waals surface area contributed by atoms with Crippen LogP contribution in [0.1, 0.15) is 50.7 Å². The van der Waals surface area contributed by atoms with Crippen molar-refractivity contribution < 1.29 is 13.2 Å². The molecule has 0 fully saturated rings. The Kier molecular flexibility index (Phi) is 7.70. The zero-order valence-electron chi connectivity index (χ0n) is 16.0. The molecule has 0 radical (unpaired) electrons. The van der Waals surface area contributed by atoms with Crippen molar-refractivity contribution in [1.29, 1.82) is 0 Å². The number of benzene rings is 2. The Morgan fingerprint density at radius 2 is 1.65 bits per heavy atom. The average molecular weight is 375 g/mol. The number of unbranched alkanes of at least 4 members (excludes halogenated alkanes) is 1. The van der Waals surface area contributed by atoms with E-state index in [1.54, 1.807) is 0 Å². The first-order valence-electron chi connectivity index (χ1n) is 9.39. The molecule has 142 valence electrons. The summed E-state index contributed by atoms with van der Waals surface area (Å²) < 4.78 is 31.1. The molecule has 3 nitrogen and oxygen atoms in total. The fourth-order valence-electron chi connectivity index (χ4n) is 2.86. The van der Waals surface area contributed by atoms with Crippen LogP contribution in [0.15, 0.2) is 54.6 Å². The van der Waals surface area contributed by atoms with Crippen LogP contribution in [0.4, 0.5) is 0 Å². The first-order chi connectivity index (χ1) is 12.4. The van der Waals surface area contributed by atoms with E-state index in [4.69, 9.17) is 4.74 Å². The summed E-state index contributed by atoms with van der Waals surface area (Å²) in [6, 6.07) is 17.7. The van der Waals surface area contributed by atoms with Crippen molar-refractivity contribution >= 4 is 9.84 Å². The number of sulfone groups is 1. The van der Waals surface area contributed by atoms with Crippen LogP contribution < -0.4 is 4.74 Å². The second-order valence-electron chi connectivity index (χ2n) is 7.21. The Hall–Kier alpha value is -1.81. The molecule has 2 rings (SSSR count). The van der Waals surface area contributed by atoms with Crippen LogP contribution in [-0.2, 0) is 9.84 Å². The van der Waals surface area contributed by atoms with Gasteiger partial charge in [-0.1, -0.05) is 69.7 Å². The van der Waals surface area contributed by atoms with Gasteiger partial charge in [-0.3, -0.25) is 0 Å². The molecular formula is C22H30O3S. The Bertz CT molecular complexity index is 767. The van der Waals surface area contributed by atoms with E-state index in [1.165, 1.54) is 0 Å². The molecule has 1 unspecified atom stereocenters. The molecule has 0 N–H and O–H groups in total. The molecule has 1 atom stereocenters. The third-order valence-electron chi connectivity index (χ3n) is 4.28. The van der Waals surface area contributed by atoms with Crippen LogP contribution in [0.5, 0.6) is 5.75 Å². The fraction of sp³-hybridized carbons (Fsp3) is 0.455. The molecule has 2 aromatic rings. The van der Waals surface area contributed by atoms with Gasteiger partial charge in [-0.25, -0.2) is 8.42 Å². The van der Waals surface area contributed by atoms with E-state index < -0.39 is 9.84 Å². The van der Waals surface area contributed by atoms with Gasteiger partial charge in [0.15, 0.2) is 9.84 Å². The van der Waals surface area contributed by atoms with Crippen LogP contribution >= 0.6 is 0 Å². The Morgan fingerprint density at radius 3 is 2.31 bits per heavy atom. The smallest absolute Gasteiger partial charge is 0.151 e. The summed E-state index contributed by atoms with van der Waals surface area (Å²) in [5.74, 6) is 1.43. The van der Waals surface area contributed by atoms with Gasteiger partial charge in [-0.2, -0.15) is 0 Å². The SMILES string of the molecule is CCCCS(=O)(=O)CC(c1ccccc1)c1cccc(OCC(C)C)c1. The molecule has 2 aromatic carbocycles. The summed E-state index contributed by atoms with van der Waals surface area (Å²) in [5, 5.41) is 0. The van der Waals surface area contributed by atoms with Gasteiger partial charge in [-0.05, 0) is 35.6 Å². The molecule has 4 heteroatoms. The predicted molar refractivity (Wildman–Crippen MR) is 109 cm³/mol. The lowest BCUT2D eigenvalue weighted by Crippen LogP contribution is -2.19. The van der Waals surface area contributed by atoms with E-state index in [0.717, 1.165) is 23.3 Å². The second kappa shape index (κ2) is 9.77. The highest BCUT2D eigenvalue weighted by Gasteiger charge is 2.22. The minimum atomic E-state index is -3.12.